The molecule has 6 nitrogen and oxygen atoms in total. The molecular formula is C57H39IrN5O-2. The van der Waals surface area contributed by atoms with Crippen molar-refractivity contribution in [2.45, 2.75) is 20.8 Å². The van der Waals surface area contributed by atoms with Crippen molar-refractivity contribution in [2.24, 2.45) is 0 Å². The van der Waals surface area contributed by atoms with Crippen molar-refractivity contribution < 1.29 is 24.5 Å². The molecule has 0 atom stereocenters. The number of benzene rings is 8. The average Bonchev–Trinajstić information content (AvgIpc) is 4.14. The van der Waals surface area contributed by atoms with Crippen LogP contribution in [-0.4, -0.2) is 23.7 Å². The van der Waals surface area contributed by atoms with Gasteiger partial charge < -0.3 is 13.6 Å². The van der Waals surface area contributed by atoms with Crippen LogP contribution in [0.4, 0.5) is 0 Å². The van der Waals surface area contributed by atoms with E-state index in [1.165, 1.54) is 55.0 Å². The first-order chi connectivity index (χ1) is 31.0. The Kier molecular flexibility index (Phi) is 9.61. The number of imidazole rings is 1. The van der Waals surface area contributed by atoms with Crippen LogP contribution in [0.1, 0.15) is 16.7 Å². The van der Waals surface area contributed by atoms with E-state index in [1.54, 1.807) is 0 Å². The van der Waals surface area contributed by atoms with Gasteiger partial charge in [-0.15, -0.1) is 41.3 Å². The maximum Gasteiger partial charge on any atom is 0.135 e. The number of aromatic nitrogens is 5. The summed E-state index contributed by atoms with van der Waals surface area (Å²) < 4.78 is 12.8. The normalized spacial score (nSPS) is 11.5. The Morgan fingerprint density at radius 2 is 1.16 bits per heavy atom. The van der Waals surface area contributed by atoms with Gasteiger partial charge in [0.25, 0.3) is 0 Å². The van der Waals surface area contributed by atoms with Gasteiger partial charge in [-0.3, -0.25) is 9.50 Å². The fraction of sp³-hybridized carbons (Fsp3) is 0.0526. The molecule has 0 amide bonds. The molecule has 8 aromatic carbocycles. The number of fused-ring (bicyclic) bond motifs is 12. The van der Waals surface area contributed by atoms with E-state index in [2.05, 4.69) is 180 Å². The molecule has 0 saturated heterocycles. The predicted molar refractivity (Wildman–Crippen MR) is 258 cm³/mol. The second kappa shape index (κ2) is 15.7. The summed E-state index contributed by atoms with van der Waals surface area (Å²) in [7, 11) is 0. The molecule has 13 aromatic rings. The van der Waals surface area contributed by atoms with E-state index in [0.29, 0.717) is 0 Å². The Morgan fingerprint density at radius 3 is 1.91 bits per heavy atom. The Balaban J connectivity index is 0.000000184. The van der Waals surface area contributed by atoms with Crippen LogP contribution in [0.15, 0.2) is 187 Å². The molecule has 0 bridgehead atoms. The van der Waals surface area contributed by atoms with Gasteiger partial charge in [-0.1, -0.05) is 83.7 Å². The molecule has 0 unspecified atom stereocenters. The van der Waals surface area contributed by atoms with Crippen molar-refractivity contribution in [3.05, 3.63) is 211 Å². The van der Waals surface area contributed by atoms with E-state index in [0.717, 1.165) is 66.6 Å². The molecule has 64 heavy (non-hydrogen) atoms. The second-order valence-corrected chi connectivity index (χ2v) is 16.3. The first-order valence-corrected chi connectivity index (χ1v) is 21.2. The molecule has 0 spiro atoms. The Morgan fingerprint density at radius 1 is 0.516 bits per heavy atom. The van der Waals surface area contributed by atoms with Gasteiger partial charge >= 0.3 is 0 Å². The van der Waals surface area contributed by atoms with Crippen LogP contribution in [0.25, 0.3) is 105 Å². The van der Waals surface area contributed by atoms with Crippen LogP contribution in [0.3, 0.4) is 0 Å². The van der Waals surface area contributed by atoms with Crippen LogP contribution in [0.5, 0.6) is 0 Å². The monoisotopic (exact) mass is 1000 g/mol. The van der Waals surface area contributed by atoms with E-state index < -0.39 is 0 Å². The largest absolute Gasteiger partial charge is 0.456 e. The quantitative estimate of drug-likeness (QED) is 0.130. The van der Waals surface area contributed by atoms with Gasteiger partial charge in [0.2, 0.25) is 0 Å². The molecule has 7 heteroatoms. The molecule has 0 saturated carbocycles. The standard InChI is InChI=1S/C39H22N3O.C18H17N2.Ir/c1-4-10-34-27(7-1)28-8-2-5-11-35(28)41(34)26-15-18-39-33(23-26)32-22-25(14-17-38(32)43-39)24-13-16-30-31(21-24)29-9-3-6-12-36(29)42-37(30)19-20-40-42;1-13-11-14(2)17(15(3)12-13)20-10-9-19-18(20)16-7-5-4-6-8-16;/h1-11,13-23H;4-7,9-12H,1-3H3;/q2*-1;. The maximum atomic E-state index is 6.33. The number of hydrogen-bond acceptors (Lipinski definition) is 3. The minimum Gasteiger partial charge on any atom is -0.456 e. The minimum atomic E-state index is 0. The van der Waals surface area contributed by atoms with Crippen LogP contribution < -0.4 is 0 Å². The summed E-state index contributed by atoms with van der Waals surface area (Å²) in [5.41, 5.74) is 15.7. The summed E-state index contributed by atoms with van der Waals surface area (Å²) in [5.74, 6) is 0.931. The smallest absolute Gasteiger partial charge is 0.135 e. The Bertz CT molecular complexity index is 3830. The van der Waals surface area contributed by atoms with Crippen LogP contribution >= 0.6 is 0 Å². The zero-order valence-corrected chi connectivity index (χ0v) is 37.7. The Hall–Kier alpha value is -7.57. The average molecular weight is 1000 g/mol. The van der Waals surface area contributed by atoms with Crippen molar-refractivity contribution in [2.75, 3.05) is 0 Å². The maximum absolute atomic E-state index is 6.33. The summed E-state index contributed by atoms with van der Waals surface area (Å²) in [4.78, 5) is 4.50. The molecular weight excluding hydrogens is 963 g/mol. The molecule has 0 aliphatic heterocycles. The van der Waals surface area contributed by atoms with E-state index in [9.17, 15) is 0 Å². The van der Waals surface area contributed by atoms with Crippen molar-refractivity contribution >= 4 is 70.9 Å². The molecule has 0 aliphatic rings. The Labute approximate surface area is 383 Å². The summed E-state index contributed by atoms with van der Waals surface area (Å²) in [6.07, 6.45) is 5.71. The number of aryl methyl sites for hydroxylation is 3. The third-order valence-corrected chi connectivity index (χ3v) is 12.4. The summed E-state index contributed by atoms with van der Waals surface area (Å²) in [6.45, 7) is 6.42. The molecule has 5 heterocycles. The fourth-order valence-electron chi connectivity index (χ4n) is 9.73. The number of nitrogens with zero attached hydrogens (tertiary/aromatic N) is 5. The zero-order chi connectivity index (χ0) is 42.2. The molecule has 0 aliphatic carbocycles. The molecule has 0 N–H and O–H groups in total. The molecule has 13 rings (SSSR count). The number of para-hydroxylation sites is 3. The van der Waals surface area contributed by atoms with Crippen LogP contribution in [-0.2, 0) is 20.1 Å². The second-order valence-electron chi connectivity index (χ2n) is 16.3. The zero-order valence-electron chi connectivity index (χ0n) is 35.3. The molecule has 5 aromatic heterocycles. The van der Waals surface area contributed by atoms with E-state index in [-0.39, 0.29) is 20.1 Å². The fourth-order valence-corrected chi connectivity index (χ4v) is 9.73. The topological polar surface area (TPSA) is 53.2 Å². The van der Waals surface area contributed by atoms with Gasteiger partial charge in [-0.05, 0) is 102 Å². The van der Waals surface area contributed by atoms with Crippen molar-refractivity contribution in [3.63, 3.8) is 0 Å². The predicted octanol–water partition coefficient (Wildman–Crippen LogP) is 14.4. The van der Waals surface area contributed by atoms with E-state index >= 15 is 0 Å². The third kappa shape index (κ3) is 6.35. The summed E-state index contributed by atoms with van der Waals surface area (Å²) in [5, 5.41) is 12.8. The number of rotatable bonds is 4. The van der Waals surface area contributed by atoms with Gasteiger partial charge in [0.05, 0.1) is 22.4 Å². The van der Waals surface area contributed by atoms with Gasteiger partial charge in [-0.2, -0.15) is 29.4 Å². The van der Waals surface area contributed by atoms with E-state index in [4.69, 9.17) is 4.42 Å². The molecule has 1 radical (unpaired) electrons. The van der Waals surface area contributed by atoms with Gasteiger partial charge in [0.15, 0.2) is 0 Å². The summed E-state index contributed by atoms with van der Waals surface area (Å²) in [6, 6.07) is 64.2. The van der Waals surface area contributed by atoms with Crippen molar-refractivity contribution in [1.82, 2.24) is 23.7 Å². The van der Waals surface area contributed by atoms with Gasteiger partial charge in [0, 0.05) is 71.6 Å². The SMILES string of the molecule is Cc1cc(C)c(-n2ccnc2-c2[c-]cccc2)c(C)c1.[Ir].[c-]1cccc2c3cc(-c4ccc5oc6ccc(-n7c8ccccc8c8ccccc87)cc6c5c4)ccc3c3ccnn3c12. The minimum absolute atomic E-state index is 0. The van der Waals surface area contributed by atoms with Gasteiger partial charge in [-0.25, -0.2) is 0 Å². The third-order valence-electron chi connectivity index (χ3n) is 12.4. The number of furan rings is 1. The number of hydrogen-bond donors (Lipinski definition) is 0. The van der Waals surface area contributed by atoms with Crippen LogP contribution in [0.2, 0.25) is 0 Å². The molecule has 309 valence electrons. The summed E-state index contributed by atoms with van der Waals surface area (Å²) >= 11 is 0. The first-order valence-electron chi connectivity index (χ1n) is 21.2. The van der Waals surface area contributed by atoms with Crippen molar-refractivity contribution in [3.8, 4) is 33.9 Å². The van der Waals surface area contributed by atoms with Crippen molar-refractivity contribution in [1.29, 1.82) is 0 Å². The molecule has 0 fully saturated rings. The number of pyridine rings is 1. The van der Waals surface area contributed by atoms with Gasteiger partial charge in [0.1, 0.15) is 11.2 Å². The van der Waals surface area contributed by atoms with E-state index in [1.807, 2.05) is 59.5 Å². The first kappa shape index (κ1) is 39.3. The van der Waals surface area contributed by atoms with Crippen LogP contribution in [0, 0.1) is 32.9 Å².